The summed E-state index contributed by atoms with van der Waals surface area (Å²) < 4.78 is 11.3. The van der Waals surface area contributed by atoms with Gasteiger partial charge in [0.1, 0.15) is 24.7 Å². The van der Waals surface area contributed by atoms with Crippen molar-refractivity contribution in [1.82, 2.24) is 0 Å². The van der Waals surface area contributed by atoms with Gasteiger partial charge in [-0.1, -0.05) is 6.07 Å². The van der Waals surface area contributed by atoms with Gasteiger partial charge in [-0.05, 0) is 49.2 Å². The van der Waals surface area contributed by atoms with Crippen LogP contribution < -0.4 is 15.2 Å². The lowest BCUT2D eigenvalue weighted by Gasteiger charge is -2.13. The van der Waals surface area contributed by atoms with E-state index in [0.29, 0.717) is 24.5 Å². The van der Waals surface area contributed by atoms with Crippen LogP contribution in [0.25, 0.3) is 0 Å². The van der Waals surface area contributed by atoms with Crippen molar-refractivity contribution in [2.45, 2.75) is 13.8 Å². The van der Waals surface area contributed by atoms with Crippen LogP contribution in [0.4, 0.5) is 5.69 Å². The molecule has 0 heterocycles. The molecule has 0 atom stereocenters. The molecule has 108 valence electrons. The Morgan fingerprint density at radius 1 is 1.05 bits per heavy atom. The number of aryl methyl sites for hydroxylation is 2. The van der Waals surface area contributed by atoms with Crippen LogP contribution in [0.15, 0.2) is 36.4 Å². The van der Waals surface area contributed by atoms with E-state index in [9.17, 15) is 0 Å². The molecule has 0 radical (unpaired) electrons. The van der Waals surface area contributed by atoms with E-state index in [0.717, 1.165) is 22.6 Å². The summed E-state index contributed by atoms with van der Waals surface area (Å²) in [6.45, 7) is 4.73. The Morgan fingerprint density at radius 2 is 1.71 bits per heavy atom. The van der Waals surface area contributed by atoms with Crippen molar-refractivity contribution in [1.29, 1.82) is 5.26 Å². The molecular formula is C17H18N2O2. The summed E-state index contributed by atoms with van der Waals surface area (Å²) in [5.74, 6) is 1.54. The molecular weight excluding hydrogens is 264 g/mol. The number of nitriles is 1. The number of nitrogens with two attached hydrogens (primary N) is 1. The second-order valence-corrected chi connectivity index (χ2v) is 4.82. The molecule has 0 spiro atoms. The molecule has 0 amide bonds. The topological polar surface area (TPSA) is 68.3 Å². The summed E-state index contributed by atoms with van der Waals surface area (Å²) in [4.78, 5) is 0. The summed E-state index contributed by atoms with van der Waals surface area (Å²) in [7, 11) is 0. The first kappa shape index (κ1) is 14.7. The van der Waals surface area contributed by atoms with E-state index in [1.807, 2.05) is 44.2 Å². The van der Waals surface area contributed by atoms with Crippen LogP contribution in [-0.2, 0) is 0 Å². The van der Waals surface area contributed by atoms with Crippen LogP contribution >= 0.6 is 0 Å². The lowest BCUT2D eigenvalue weighted by Crippen LogP contribution is -2.10. The lowest BCUT2D eigenvalue weighted by molar-refractivity contribution is 0.215. The predicted molar refractivity (Wildman–Crippen MR) is 82.5 cm³/mol. The number of anilines is 1. The highest BCUT2D eigenvalue weighted by Gasteiger charge is 2.06. The van der Waals surface area contributed by atoms with E-state index in [1.54, 1.807) is 6.07 Å². The third-order valence-electron chi connectivity index (χ3n) is 3.05. The zero-order valence-electron chi connectivity index (χ0n) is 12.2. The Labute approximate surface area is 124 Å². The fourth-order valence-electron chi connectivity index (χ4n) is 2.15. The van der Waals surface area contributed by atoms with E-state index < -0.39 is 0 Å². The molecule has 0 saturated heterocycles. The first-order valence-corrected chi connectivity index (χ1v) is 6.72. The Kier molecular flexibility index (Phi) is 4.68. The number of rotatable bonds is 5. The lowest BCUT2D eigenvalue weighted by atomic mass is 10.1. The number of ether oxygens (including phenoxy) is 2. The number of hydrogen-bond acceptors (Lipinski definition) is 4. The van der Waals surface area contributed by atoms with Gasteiger partial charge in [0.05, 0.1) is 11.6 Å². The third kappa shape index (κ3) is 3.90. The van der Waals surface area contributed by atoms with Gasteiger partial charge < -0.3 is 15.2 Å². The molecule has 0 fully saturated rings. The fraction of sp³-hybridized carbons (Fsp3) is 0.235. The SMILES string of the molecule is Cc1cc(C#N)cc(C)c1OCCOc1cccc(N)c1. The van der Waals surface area contributed by atoms with Crippen molar-refractivity contribution < 1.29 is 9.47 Å². The fourth-order valence-corrected chi connectivity index (χ4v) is 2.15. The summed E-state index contributed by atoms with van der Waals surface area (Å²) in [5, 5.41) is 8.92. The van der Waals surface area contributed by atoms with Crippen LogP contribution in [0.1, 0.15) is 16.7 Å². The van der Waals surface area contributed by atoms with Gasteiger partial charge in [-0.2, -0.15) is 5.26 Å². The number of nitrogen functional groups attached to an aromatic ring is 1. The number of nitrogens with zero attached hydrogens (tertiary/aromatic N) is 1. The first-order chi connectivity index (χ1) is 10.1. The highest BCUT2D eigenvalue weighted by molar-refractivity contribution is 5.47. The highest BCUT2D eigenvalue weighted by atomic mass is 16.5. The molecule has 0 bridgehead atoms. The number of benzene rings is 2. The van der Waals surface area contributed by atoms with Crippen molar-refractivity contribution in [3.63, 3.8) is 0 Å². The molecule has 0 aliphatic rings. The molecule has 0 saturated carbocycles. The molecule has 21 heavy (non-hydrogen) atoms. The standard InChI is InChI=1S/C17H18N2O2/c1-12-8-14(11-18)9-13(2)17(12)21-7-6-20-16-5-3-4-15(19)10-16/h3-5,8-10H,6-7,19H2,1-2H3. The van der Waals surface area contributed by atoms with E-state index in [1.165, 1.54) is 0 Å². The minimum Gasteiger partial charge on any atom is -0.490 e. The molecule has 4 heteroatoms. The average molecular weight is 282 g/mol. The molecule has 2 aromatic carbocycles. The zero-order chi connectivity index (χ0) is 15.2. The Bertz CT molecular complexity index is 652. The van der Waals surface area contributed by atoms with Crippen molar-refractivity contribution >= 4 is 5.69 Å². The molecule has 2 N–H and O–H groups in total. The molecule has 0 aliphatic heterocycles. The largest absolute Gasteiger partial charge is 0.490 e. The van der Waals surface area contributed by atoms with Crippen molar-refractivity contribution in [2.24, 2.45) is 0 Å². The molecule has 2 aromatic rings. The summed E-state index contributed by atoms with van der Waals surface area (Å²) in [6, 6.07) is 13.1. The van der Waals surface area contributed by atoms with Crippen LogP contribution in [0.5, 0.6) is 11.5 Å². The summed E-state index contributed by atoms with van der Waals surface area (Å²) in [5.41, 5.74) is 8.91. The van der Waals surface area contributed by atoms with Crippen LogP contribution in [0, 0.1) is 25.2 Å². The number of hydrogen-bond donors (Lipinski definition) is 1. The van der Waals surface area contributed by atoms with E-state index in [4.69, 9.17) is 20.5 Å². The Hall–Kier alpha value is -2.67. The van der Waals surface area contributed by atoms with Crippen molar-refractivity contribution in [2.75, 3.05) is 18.9 Å². The van der Waals surface area contributed by atoms with E-state index in [2.05, 4.69) is 6.07 Å². The Morgan fingerprint density at radius 3 is 2.33 bits per heavy atom. The molecule has 0 unspecified atom stereocenters. The highest BCUT2D eigenvalue weighted by Crippen LogP contribution is 2.24. The smallest absolute Gasteiger partial charge is 0.125 e. The molecule has 0 aromatic heterocycles. The second kappa shape index (κ2) is 6.67. The normalized spacial score (nSPS) is 9.95. The molecule has 2 rings (SSSR count). The zero-order valence-corrected chi connectivity index (χ0v) is 12.2. The maximum Gasteiger partial charge on any atom is 0.125 e. The van der Waals surface area contributed by atoms with Crippen LogP contribution in [-0.4, -0.2) is 13.2 Å². The molecule has 0 aliphatic carbocycles. The quantitative estimate of drug-likeness (QED) is 0.675. The maximum atomic E-state index is 8.92. The third-order valence-corrected chi connectivity index (χ3v) is 3.05. The second-order valence-electron chi connectivity index (χ2n) is 4.82. The summed E-state index contributed by atoms with van der Waals surface area (Å²) >= 11 is 0. The van der Waals surface area contributed by atoms with Gasteiger partial charge in [0, 0.05) is 11.8 Å². The van der Waals surface area contributed by atoms with E-state index in [-0.39, 0.29) is 0 Å². The first-order valence-electron chi connectivity index (χ1n) is 6.72. The van der Waals surface area contributed by atoms with Gasteiger partial charge in [-0.25, -0.2) is 0 Å². The van der Waals surface area contributed by atoms with Crippen molar-refractivity contribution in [3.8, 4) is 17.6 Å². The van der Waals surface area contributed by atoms with Crippen LogP contribution in [0.3, 0.4) is 0 Å². The average Bonchev–Trinajstić information content (AvgIpc) is 2.45. The summed E-state index contributed by atoms with van der Waals surface area (Å²) in [6.07, 6.45) is 0. The minimum absolute atomic E-state index is 0.433. The minimum atomic E-state index is 0.433. The van der Waals surface area contributed by atoms with Crippen LogP contribution in [0.2, 0.25) is 0 Å². The molecule has 4 nitrogen and oxygen atoms in total. The predicted octanol–water partition coefficient (Wildman–Crippen LogP) is 3.22. The van der Waals surface area contributed by atoms with Gasteiger partial charge in [0.25, 0.3) is 0 Å². The maximum absolute atomic E-state index is 8.92. The van der Waals surface area contributed by atoms with Gasteiger partial charge >= 0.3 is 0 Å². The van der Waals surface area contributed by atoms with Gasteiger partial charge in [0.15, 0.2) is 0 Å². The van der Waals surface area contributed by atoms with Gasteiger partial charge in [0.2, 0.25) is 0 Å². The monoisotopic (exact) mass is 282 g/mol. The van der Waals surface area contributed by atoms with Gasteiger partial charge in [-0.3, -0.25) is 0 Å². The Balaban J connectivity index is 1.91. The van der Waals surface area contributed by atoms with Gasteiger partial charge in [-0.15, -0.1) is 0 Å². The van der Waals surface area contributed by atoms with Crippen molar-refractivity contribution in [3.05, 3.63) is 53.1 Å². The van der Waals surface area contributed by atoms with E-state index >= 15 is 0 Å².